The van der Waals surface area contributed by atoms with Crippen LogP contribution in [0.15, 0.2) is 18.3 Å². The number of hydrogen-bond acceptors (Lipinski definition) is 5. The molecule has 2 heterocycles. The van der Waals surface area contributed by atoms with Gasteiger partial charge in [-0.2, -0.15) is 0 Å². The molecule has 1 N–H and O–H groups in total. The molecule has 1 aromatic carbocycles. The number of carbonyl (C=O) groups is 1. The van der Waals surface area contributed by atoms with Gasteiger partial charge in [0.15, 0.2) is 11.5 Å². The summed E-state index contributed by atoms with van der Waals surface area (Å²) < 4.78 is 15.8. The van der Waals surface area contributed by atoms with Crippen LogP contribution in [-0.4, -0.2) is 36.3 Å². The fourth-order valence-corrected chi connectivity index (χ4v) is 2.31. The fourth-order valence-electron chi connectivity index (χ4n) is 2.05. The summed E-state index contributed by atoms with van der Waals surface area (Å²) in [6.07, 6.45) is 2.21. The van der Waals surface area contributed by atoms with Crippen LogP contribution in [0.1, 0.15) is 16.9 Å². The van der Waals surface area contributed by atoms with Crippen molar-refractivity contribution in [2.45, 2.75) is 6.42 Å². The Morgan fingerprint density at radius 1 is 1.38 bits per heavy atom. The van der Waals surface area contributed by atoms with Crippen LogP contribution in [0.3, 0.4) is 0 Å². The number of H-pyrrole nitrogens is 1. The number of aromatic amines is 1. The van der Waals surface area contributed by atoms with Gasteiger partial charge in [-0.15, -0.1) is 0 Å². The predicted molar refractivity (Wildman–Crippen MR) is 76.0 cm³/mol. The average molecular weight is 309 g/mol. The highest BCUT2D eigenvalue weighted by molar-refractivity contribution is 6.32. The molecule has 0 amide bonds. The first-order valence-corrected chi connectivity index (χ1v) is 6.79. The van der Waals surface area contributed by atoms with E-state index in [0.29, 0.717) is 41.1 Å². The summed E-state index contributed by atoms with van der Waals surface area (Å²) in [5, 5.41) is 0.445. The molecule has 0 radical (unpaired) electrons. The highest BCUT2D eigenvalue weighted by atomic mass is 35.5. The minimum Gasteiger partial charge on any atom is -0.489 e. The van der Waals surface area contributed by atoms with E-state index in [1.807, 2.05) is 0 Å². The van der Waals surface area contributed by atoms with Crippen LogP contribution in [0.2, 0.25) is 5.02 Å². The van der Waals surface area contributed by atoms with E-state index >= 15 is 0 Å². The second-order valence-corrected chi connectivity index (χ2v) is 4.88. The molecule has 21 heavy (non-hydrogen) atoms. The molecule has 0 unspecified atom stereocenters. The Morgan fingerprint density at radius 2 is 2.19 bits per heavy atom. The number of aromatic nitrogens is 2. The van der Waals surface area contributed by atoms with Crippen LogP contribution >= 0.6 is 11.6 Å². The van der Waals surface area contributed by atoms with Gasteiger partial charge in [0.1, 0.15) is 11.5 Å². The molecule has 3 rings (SSSR count). The quantitative estimate of drug-likeness (QED) is 0.863. The summed E-state index contributed by atoms with van der Waals surface area (Å²) in [6.45, 7) is 1.14. The smallest absolute Gasteiger partial charge is 0.356 e. The average Bonchev–Trinajstić information content (AvgIpc) is 2.86. The lowest BCUT2D eigenvalue weighted by Gasteiger charge is -2.10. The zero-order valence-corrected chi connectivity index (χ0v) is 12.1. The molecule has 7 heteroatoms. The van der Waals surface area contributed by atoms with Gasteiger partial charge in [-0.05, 0) is 12.1 Å². The lowest BCUT2D eigenvalue weighted by atomic mass is 10.2. The maximum Gasteiger partial charge on any atom is 0.356 e. The van der Waals surface area contributed by atoms with Gasteiger partial charge < -0.3 is 19.2 Å². The molecular formula is C14H13ClN2O4. The molecule has 0 bridgehead atoms. The molecule has 0 spiro atoms. The van der Waals surface area contributed by atoms with Gasteiger partial charge in [0.2, 0.25) is 0 Å². The first kappa shape index (κ1) is 13.8. The van der Waals surface area contributed by atoms with Crippen molar-refractivity contribution in [3.63, 3.8) is 0 Å². The third kappa shape index (κ3) is 2.67. The molecule has 1 aliphatic rings. The molecule has 110 valence electrons. The van der Waals surface area contributed by atoms with E-state index in [-0.39, 0.29) is 5.69 Å². The number of ether oxygens (including phenoxy) is 3. The summed E-state index contributed by atoms with van der Waals surface area (Å²) in [5.41, 5.74) is 0.982. The van der Waals surface area contributed by atoms with Gasteiger partial charge in [0, 0.05) is 12.0 Å². The van der Waals surface area contributed by atoms with Gasteiger partial charge in [0.25, 0.3) is 0 Å². The van der Waals surface area contributed by atoms with Gasteiger partial charge in [-0.25, -0.2) is 9.78 Å². The molecule has 0 aliphatic carbocycles. The molecule has 0 atom stereocenters. The van der Waals surface area contributed by atoms with Crippen molar-refractivity contribution in [1.29, 1.82) is 0 Å². The van der Waals surface area contributed by atoms with Crippen LogP contribution in [-0.2, 0) is 4.74 Å². The molecule has 0 saturated carbocycles. The van der Waals surface area contributed by atoms with Crippen LogP contribution < -0.4 is 9.47 Å². The normalized spacial score (nSPS) is 13.6. The first-order valence-electron chi connectivity index (χ1n) is 6.42. The summed E-state index contributed by atoms with van der Waals surface area (Å²) in [7, 11) is 1.31. The number of hydrogen-bond donors (Lipinski definition) is 1. The summed E-state index contributed by atoms with van der Waals surface area (Å²) in [4.78, 5) is 18.5. The highest BCUT2D eigenvalue weighted by Gasteiger charge is 2.18. The number of nitrogens with zero attached hydrogens (tertiary/aromatic N) is 1. The Kier molecular flexibility index (Phi) is 3.70. The van der Waals surface area contributed by atoms with Gasteiger partial charge in [-0.3, -0.25) is 0 Å². The number of esters is 1. The van der Waals surface area contributed by atoms with Crippen molar-refractivity contribution >= 4 is 17.6 Å². The summed E-state index contributed by atoms with van der Waals surface area (Å²) in [6, 6.07) is 3.50. The van der Waals surface area contributed by atoms with Gasteiger partial charge >= 0.3 is 5.97 Å². The van der Waals surface area contributed by atoms with Gasteiger partial charge in [-0.1, -0.05) is 11.6 Å². The number of carbonyl (C=O) groups excluding carboxylic acids is 1. The van der Waals surface area contributed by atoms with E-state index in [2.05, 4.69) is 14.7 Å². The van der Waals surface area contributed by atoms with Crippen molar-refractivity contribution in [2.75, 3.05) is 20.3 Å². The standard InChI is InChI=1S/C14H13ClN2O4/c1-19-14(18)10-7-16-13(17-10)8-5-9(15)12-11(6-8)20-3-2-4-21-12/h5-7H,2-4H2,1H3,(H,16,17). The van der Waals surface area contributed by atoms with E-state index in [1.165, 1.54) is 13.3 Å². The SMILES string of the molecule is COC(=O)c1cnc(-c2cc(Cl)c3c(c2)OCCCO3)[nH]1. The van der Waals surface area contributed by atoms with Crippen LogP contribution in [0.4, 0.5) is 0 Å². The van der Waals surface area contributed by atoms with Crippen LogP contribution in [0.25, 0.3) is 11.4 Å². The third-order valence-electron chi connectivity index (χ3n) is 3.06. The second kappa shape index (κ2) is 5.65. The molecular weight excluding hydrogens is 296 g/mol. The molecule has 0 fully saturated rings. The Balaban J connectivity index is 1.99. The minimum atomic E-state index is -0.478. The zero-order chi connectivity index (χ0) is 14.8. The van der Waals surface area contributed by atoms with Crippen molar-refractivity contribution < 1.29 is 19.0 Å². The largest absolute Gasteiger partial charge is 0.489 e. The number of fused-ring (bicyclic) bond motifs is 1. The molecule has 1 aliphatic heterocycles. The number of methoxy groups -OCH3 is 1. The van der Waals surface area contributed by atoms with E-state index in [4.69, 9.17) is 21.1 Å². The molecule has 1 aromatic heterocycles. The monoisotopic (exact) mass is 308 g/mol. The van der Waals surface area contributed by atoms with Crippen LogP contribution in [0.5, 0.6) is 11.5 Å². The maximum absolute atomic E-state index is 11.4. The van der Waals surface area contributed by atoms with Crippen molar-refractivity contribution in [3.05, 3.63) is 29.0 Å². The zero-order valence-electron chi connectivity index (χ0n) is 11.3. The van der Waals surface area contributed by atoms with Gasteiger partial charge in [0.05, 0.1) is 31.5 Å². The fraction of sp³-hybridized carbons (Fsp3) is 0.286. The number of imidazole rings is 1. The number of rotatable bonds is 2. The molecule has 0 saturated heterocycles. The summed E-state index contributed by atoms with van der Waals surface area (Å²) in [5.74, 6) is 1.14. The second-order valence-electron chi connectivity index (χ2n) is 4.47. The number of nitrogens with one attached hydrogen (secondary N) is 1. The van der Waals surface area contributed by atoms with E-state index in [0.717, 1.165) is 6.42 Å². The van der Waals surface area contributed by atoms with Crippen molar-refractivity contribution in [1.82, 2.24) is 9.97 Å². The lowest BCUT2D eigenvalue weighted by molar-refractivity contribution is 0.0595. The Bertz CT molecular complexity index is 684. The van der Waals surface area contributed by atoms with E-state index in [1.54, 1.807) is 12.1 Å². The third-order valence-corrected chi connectivity index (χ3v) is 3.34. The maximum atomic E-state index is 11.4. The topological polar surface area (TPSA) is 73.4 Å². The summed E-state index contributed by atoms with van der Waals surface area (Å²) >= 11 is 6.23. The molecule has 2 aromatic rings. The highest BCUT2D eigenvalue weighted by Crippen LogP contribution is 2.40. The Labute approximate surface area is 126 Å². The molecule has 6 nitrogen and oxygen atoms in total. The number of halogens is 1. The van der Waals surface area contributed by atoms with E-state index < -0.39 is 5.97 Å². The lowest BCUT2D eigenvalue weighted by Crippen LogP contribution is -2.01. The Morgan fingerprint density at radius 3 is 3.00 bits per heavy atom. The Hall–Kier alpha value is -2.21. The van der Waals surface area contributed by atoms with E-state index in [9.17, 15) is 4.79 Å². The van der Waals surface area contributed by atoms with Crippen molar-refractivity contribution in [2.24, 2.45) is 0 Å². The van der Waals surface area contributed by atoms with Crippen LogP contribution in [0, 0.1) is 0 Å². The van der Waals surface area contributed by atoms with Crippen molar-refractivity contribution in [3.8, 4) is 22.9 Å². The first-order chi connectivity index (χ1) is 10.2. The predicted octanol–water partition coefficient (Wildman–Crippen LogP) is 2.68. The number of benzene rings is 1. The minimum absolute atomic E-state index is 0.274.